The molecule has 0 unspecified atom stereocenters. The van der Waals surface area contributed by atoms with Crippen LogP contribution in [0.3, 0.4) is 0 Å². The molecule has 0 saturated heterocycles. The van der Waals surface area contributed by atoms with Crippen LogP contribution in [0.4, 0.5) is 0 Å². The molecule has 0 aliphatic heterocycles. The van der Waals surface area contributed by atoms with Crippen LogP contribution in [0.5, 0.6) is 0 Å². The fourth-order valence-corrected chi connectivity index (χ4v) is 1.78. The molecule has 88 valence electrons. The molecular weight excluding hydrogens is 198 g/mol. The third-order valence-electron chi connectivity index (χ3n) is 2.74. The van der Waals surface area contributed by atoms with Crippen molar-refractivity contribution in [2.24, 2.45) is 5.16 Å². The molecule has 0 amide bonds. The maximum absolute atomic E-state index is 8.97. The second kappa shape index (κ2) is 7.91. The van der Waals surface area contributed by atoms with Crippen LogP contribution in [0.2, 0.25) is 0 Å². The highest BCUT2D eigenvalue weighted by atomic mass is 16.4. The second-order valence-corrected chi connectivity index (χ2v) is 4.08. The molecule has 0 aromatic heterocycles. The molecule has 2 heteroatoms. The maximum Gasteiger partial charge on any atom is 0.0867 e. The largest absolute Gasteiger partial charge is 0.411 e. The van der Waals surface area contributed by atoms with Crippen molar-refractivity contribution in [2.45, 2.75) is 45.4 Å². The van der Waals surface area contributed by atoms with E-state index in [1.54, 1.807) is 0 Å². The topological polar surface area (TPSA) is 32.6 Å². The predicted octanol–water partition coefficient (Wildman–Crippen LogP) is 4.23. The van der Waals surface area contributed by atoms with Crippen LogP contribution in [0, 0.1) is 0 Å². The van der Waals surface area contributed by atoms with Crippen molar-refractivity contribution in [1.29, 1.82) is 0 Å². The average molecular weight is 219 g/mol. The summed E-state index contributed by atoms with van der Waals surface area (Å²) in [5.41, 5.74) is 1.83. The summed E-state index contributed by atoms with van der Waals surface area (Å²) >= 11 is 0. The Hall–Kier alpha value is -1.31. The van der Waals surface area contributed by atoms with Crippen molar-refractivity contribution in [3.05, 3.63) is 35.9 Å². The Labute approximate surface area is 98.0 Å². The van der Waals surface area contributed by atoms with Gasteiger partial charge in [-0.15, -0.1) is 0 Å². The molecule has 0 fully saturated rings. The lowest BCUT2D eigenvalue weighted by molar-refractivity contribution is 0.317. The zero-order valence-electron chi connectivity index (χ0n) is 10.0. The Morgan fingerprint density at radius 1 is 1.06 bits per heavy atom. The molecule has 0 aliphatic rings. The molecule has 0 saturated carbocycles. The van der Waals surface area contributed by atoms with Gasteiger partial charge < -0.3 is 5.21 Å². The van der Waals surface area contributed by atoms with E-state index < -0.39 is 0 Å². The van der Waals surface area contributed by atoms with E-state index in [0.29, 0.717) is 0 Å². The molecule has 0 aliphatic carbocycles. The van der Waals surface area contributed by atoms with Gasteiger partial charge in [0.05, 0.1) is 5.71 Å². The summed E-state index contributed by atoms with van der Waals surface area (Å²) in [6, 6.07) is 9.89. The van der Waals surface area contributed by atoms with Crippen molar-refractivity contribution >= 4 is 5.71 Å². The monoisotopic (exact) mass is 219 g/mol. The Bertz CT molecular complexity index is 306. The van der Waals surface area contributed by atoms with Gasteiger partial charge in [0.15, 0.2) is 0 Å². The molecule has 1 N–H and O–H groups in total. The molecule has 0 radical (unpaired) electrons. The Kier molecular flexibility index (Phi) is 6.31. The van der Waals surface area contributed by atoms with E-state index in [2.05, 4.69) is 12.1 Å². The highest BCUT2D eigenvalue weighted by Gasteiger charge is 2.02. The maximum atomic E-state index is 8.97. The van der Waals surface area contributed by atoms with Crippen molar-refractivity contribution in [3.63, 3.8) is 0 Å². The van der Waals surface area contributed by atoms with Crippen molar-refractivity contribution < 1.29 is 5.21 Å². The number of rotatable bonds is 7. The summed E-state index contributed by atoms with van der Waals surface area (Å²) < 4.78 is 0. The van der Waals surface area contributed by atoms with Crippen LogP contribution in [0.25, 0.3) is 0 Å². The Morgan fingerprint density at radius 3 is 2.38 bits per heavy atom. The van der Waals surface area contributed by atoms with Crippen molar-refractivity contribution in [3.8, 4) is 0 Å². The van der Waals surface area contributed by atoms with Crippen LogP contribution in [0.1, 0.15) is 51.0 Å². The third-order valence-corrected chi connectivity index (χ3v) is 2.74. The van der Waals surface area contributed by atoms with E-state index in [1.165, 1.54) is 25.7 Å². The van der Waals surface area contributed by atoms with Crippen LogP contribution in [-0.4, -0.2) is 10.9 Å². The average Bonchev–Trinajstić information content (AvgIpc) is 2.35. The molecule has 0 atom stereocenters. The van der Waals surface area contributed by atoms with E-state index in [9.17, 15) is 0 Å². The standard InChI is InChI=1S/C14H21NO/c1-2-3-4-5-9-12-14(15-16)13-10-7-6-8-11-13/h6-8,10-11,16H,2-5,9,12H2,1H3/b15-14+. The predicted molar refractivity (Wildman–Crippen MR) is 68.1 cm³/mol. The van der Waals surface area contributed by atoms with Gasteiger partial charge in [0, 0.05) is 0 Å². The van der Waals surface area contributed by atoms with E-state index in [4.69, 9.17) is 5.21 Å². The van der Waals surface area contributed by atoms with Crippen molar-refractivity contribution in [2.75, 3.05) is 0 Å². The van der Waals surface area contributed by atoms with E-state index in [1.807, 2.05) is 30.3 Å². The third kappa shape index (κ3) is 4.47. The van der Waals surface area contributed by atoms with Gasteiger partial charge in [-0.05, 0) is 18.4 Å². The molecule has 1 rings (SSSR count). The summed E-state index contributed by atoms with van der Waals surface area (Å²) in [7, 11) is 0. The first kappa shape index (κ1) is 12.8. The number of benzene rings is 1. The Morgan fingerprint density at radius 2 is 1.75 bits per heavy atom. The smallest absolute Gasteiger partial charge is 0.0867 e. The van der Waals surface area contributed by atoms with Crippen LogP contribution in [-0.2, 0) is 0 Å². The van der Waals surface area contributed by atoms with Gasteiger partial charge in [-0.3, -0.25) is 0 Å². The quantitative estimate of drug-likeness (QED) is 0.316. The minimum Gasteiger partial charge on any atom is -0.411 e. The van der Waals surface area contributed by atoms with Crippen LogP contribution >= 0.6 is 0 Å². The summed E-state index contributed by atoms with van der Waals surface area (Å²) in [6.45, 7) is 2.21. The molecule has 0 heterocycles. The van der Waals surface area contributed by atoms with Gasteiger partial charge >= 0.3 is 0 Å². The highest BCUT2D eigenvalue weighted by molar-refractivity contribution is 6.00. The summed E-state index contributed by atoms with van der Waals surface area (Å²) in [6.07, 6.45) is 7.04. The number of nitrogens with zero attached hydrogens (tertiary/aromatic N) is 1. The van der Waals surface area contributed by atoms with E-state index in [-0.39, 0.29) is 0 Å². The molecule has 2 nitrogen and oxygen atoms in total. The van der Waals surface area contributed by atoms with Gasteiger partial charge in [-0.2, -0.15) is 0 Å². The number of unbranched alkanes of at least 4 members (excludes halogenated alkanes) is 4. The zero-order chi connectivity index (χ0) is 11.6. The summed E-state index contributed by atoms with van der Waals surface area (Å²) in [4.78, 5) is 0. The molecule has 1 aromatic carbocycles. The van der Waals surface area contributed by atoms with Crippen LogP contribution in [0.15, 0.2) is 35.5 Å². The fraction of sp³-hybridized carbons (Fsp3) is 0.500. The van der Waals surface area contributed by atoms with Crippen molar-refractivity contribution in [1.82, 2.24) is 0 Å². The van der Waals surface area contributed by atoms with Crippen LogP contribution < -0.4 is 0 Å². The lowest BCUT2D eigenvalue weighted by atomic mass is 10.0. The SMILES string of the molecule is CCCCCCC/C(=N\O)c1ccccc1. The highest BCUT2D eigenvalue weighted by Crippen LogP contribution is 2.10. The molecule has 0 bridgehead atoms. The number of hydrogen-bond acceptors (Lipinski definition) is 2. The number of hydrogen-bond donors (Lipinski definition) is 1. The van der Waals surface area contributed by atoms with Gasteiger partial charge in [0.25, 0.3) is 0 Å². The second-order valence-electron chi connectivity index (χ2n) is 4.08. The molecule has 16 heavy (non-hydrogen) atoms. The normalized spacial score (nSPS) is 11.7. The minimum absolute atomic E-state index is 0.803. The minimum atomic E-state index is 0.803. The van der Waals surface area contributed by atoms with Gasteiger partial charge in [0.2, 0.25) is 0 Å². The number of oxime groups is 1. The molecule has 1 aromatic rings. The van der Waals surface area contributed by atoms with E-state index in [0.717, 1.165) is 24.1 Å². The van der Waals surface area contributed by atoms with Gasteiger partial charge in [-0.1, -0.05) is 68.1 Å². The van der Waals surface area contributed by atoms with Gasteiger partial charge in [0.1, 0.15) is 0 Å². The first-order valence-corrected chi connectivity index (χ1v) is 6.14. The summed E-state index contributed by atoms with van der Waals surface area (Å²) in [5, 5.41) is 12.4. The molecule has 0 spiro atoms. The van der Waals surface area contributed by atoms with E-state index >= 15 is 0 Å². The molecular formula is C14H21NO. The first-order chi connectivity index (χ1) is 7.88. The lowest BCUT2D eigenvalue weighted by Crippen LogP contribution is -2.00. The fourth-order valence-electron chi connectivity index (χ4n) is 1.78. The zero-order valence-corrected chi connectivity index (χ0v) is 10.0. The lowest BCUT2D eigenvalue weighted by Gasteiger charge is -2.04. The first-order valence-electron chi connectivity index (χ1n) is 6.14. The summed E-state index contributed by atoms with van der Waals surface area (Å²) in [5.74, 6) is 0. The van der Waals surface area contributed by atoms with Gasteiger partial charge in [-0.25, -0.2) is 0 Å². The Balaban J connectivity index is 2.34.